The number of amides is 2. The quantitative estimate of drug-likeness (QED) is 0.537. The van der Waals surface area contributed by atoms with Crippen molar-refractivity contribution in [3.63, 3.8) is 0 Å². The highest BCUT2D eigenvalue weighted by atomic mass is 32.1. The van der Waals surface area contributed by atoms with E-state index in [-0.39, 0.29) is 11.8 Å². The van der Waals surface area contributed by atoms with E-state index < -0.39 is 0 Å². The van der Waals surface area contributed by atoms with Gasteiger partial charge in [-0.3, -0.25) is 9.59 Å². The van der Waals surface area contributed by atoms with Crippen LogP contribution in [0.25, 0.3) is 0 Å². The second-order valence-electron chi connectivity index (χ2n) is 5.71. The number of hydrogen-bond acceptors (Lipinski definition) is 6. The van der Waals surface area contributed by atoms with Crippen LogP contribution < -0.4 is 16.0 Å². The highest BCUT2D eigenvalue weighted by Crippen LogP contribution is 2.15. The molecule has 7 nitrogen and oxygen atoms in total. The predicted molar refractivity (Wildman–Crippen MR) is 108 cm³/mol. The Morgan fingerprint density at radius 2 is 1.96 bits per heavy atom. The zero-order valence-electron chi connectivity index (χ0n) is 14.8. The van der Waals surface area contributed by atoms with Crippen molar-refractivity contribution in [2.45, 2.75) is 0 Å². The van der Waals surface area contributed by atoms with Crippen LogP contribution >= 0.6 is 11.3 Å². The summed E-state index contributed by atoms with van der Waals surface area (Å²) in [6, 6.07) is 15.7. The van der Waals surface area contributed by atoms with Crippen molar-refractivity contribution in [3.8, 4) is 6.07 Å². The number of nitrogens with zero attached hydrogens (tertiary/aromatic N) is 2. The molecule has 0 saturated heterocycles. The predicted octanol–water partition coefficient (Wildman–Crippen LogP) is 3.11. The van der Waals surface area contributed by atoms with Gasteiger partial charge in [0, 0.05) is 30.5 Å². The van der Waals surface area contributed by atoms with E-state index in [1.165, 1.54) is 11.3 Å². The molecule has 0 aliphatic rings. The Labute approximate surface area is 166 Å². The van der Waals surface area contributed by atoms with Gasteiger partial charge in [-0.05, 0) is 41.8 Å². The minimum Gasteiger partial charge on any atom is -0.367 e. The summed E-state index contributed by atoms with van der Waals surface area (Å²) in [6.45, 7) is 0.776. The molecule has 3 N–H and O–H groups in total. The number of hydrogen-bond donors (Lipinski definition) is 3. The van der Waals surface area contributed by atoms with Gasteiger partial charge in [0.15, 0.2) is 0 Å². The molecule has 3 aromatic rings. The summed E-state index contributed by atoms with van der Waals surface area (Å²) in [5.41, 5.74) is 1.44. The van der Waals surface area contributed by atoms with E-state index in [4.69, 9.17) is 5.26 Å². The van der Waals surface area contributed by atoms with E-state index >= 15 is 0 Å². The molecule has 28 heavy (non-hydrogen) atoms. The Morgan fingerprint density at radius 3 is 2.75 bits per heavy atom. The number of benzene rings is 1. The van der Waals surface area contributed by atoms with Gasteiger partial charge in [-0.25, -0.2) is 4.98 Å². The average Bonchev–Trinajstić information content (AvgIpc) is 3.26. The fraction of sp³-hybridized carbons (Fsp3) is 0.100. The molecule has 2 amide bonds. The molecular formula is C20H17N5O2S. The number of nitriles is 1. The van der Waals surface area contributed by atoms with Crippen LogP contribution in [0.3, 0.4) is 0 Å². The molecule has 1 aromatic carbocycles. The summed E-state index contributed by atoms with van der Waals surface area (Å²) < 4.78 is 0. The summed E-state index contributed by atoms with van der Waals surface area (Å²) in [4.78, 5) is 29.1. The lowest BCUT2D eigenvalue weighted by molar-refractivity contribution is 0.0953. The number of nitrogens with one attached hydrogen (secondary N) is 3. The molecule has 0 fully saturated rings. The monoisotopic (exact) mass is 391 g/mol. The van der Waals surface area contributed by atoms with Crippen LogP contribution in [0.4, 0.5) is 11.5 Å². The van der Waals surface area contributed by atoms with Crippen LogP contribution in [0.2, 0.25) is 0 Å². The van der Waals surface area contributed by atoms with Crippen LogP contribution in [-0.2, 0) is 0 Å². The Kier molecular flexibility index (Phi) is 6.33. The topological polar surface area (TPSA) is 107 Å². The van der Waals surface area contributed by atoms with Crippen LogP contribution in [0, 0.1) is 11.3 Å². The van der Waals surface area contributed by atoms with Crippen molar-refractivity contribution in [2.75, 3.05) is 23.7 Å². The summed E-state index contributed by atoms with van der Waals surface area (Å²) in [6.07, 6.45) is 1.59. The zero-order chi connectivity index (χ0) is 19.8. The largest absolute Gasteiger partial charge is 0.367 e. The highest BCUT2D eigenvalue weighted by molar-refractivity contribution is 7.12. The van der Waals surface area contributed by atoms with Crippen molar-refractivity contribution < 1.29 is 9.59 Å². The van der Waals surface area contributed by atoms with Gasteiger partial charge in [0.1, 0.15) is 11.9 Å². The fourth-order valence-corrected chi connectivity index (χ4v) is 3.05. The minimum atomic E-state index is -0.254. The number of anilines is 2. The maximum Gasteiger partial charge on any atom is 0.265 e. The van der Waals surface area contributed by atoms with Crippen LogP contribution in [-0.4, -0.2) is 29.9 Å². The average molecular weight is 391 g/mol. The van der Waals surface area contributed by atoms with Crippen LogP contribution in [0.1, 0.15) is 25.6 Å². The summed E-state index contributed by atoms with van der Waals surface area (Å²) >= 11 is 1.35. The second kappa shape index (κ2) is 9.30. The molecule has 0 saturated carbocycles. The highest BCUT2D eigenvalue weighted by Gasteiger charge is 2.10. The molecule has 8 heteroatoms. The van der Waals surface area contributed by atoms with E-state index in [9.17, 15) is 9.59 Å². The number of thiophene rings is 1. The van der Waals surface area contributed by atoms with Gasteiger partial charge in [0.2, 0.25) is 0 Å². The maximum atomic E-state index is 12.3. The van der Waals surface area contributed by atoms with E-state index in [1.807, 2.05) is 11.4 Å². The number of carbonyl (C=O) groups is 2. The Morgan fingerprint density at radius 1 is 1.07 bits per heavy atom. The first-order valence-corrected chi connectivity index (χ1v) is 9.37. The third-order valence-electron chi connectivity index (χ3n) is 3.76. The van der Waals surface area contributed by atoms with Crippen molar-refractivity contribution in [2.24, 2.45) is 0 Å². The molecule has 0 radical (unpaired) electrons. The SMILES string of the molecule is N#Cc1cccnc1NCCNC(=O)c1cccc(NC(=O)c2cccs2)c1. The van der Waals surface area contributed by atoms with Crippen LogP contribution in [0.5, 0.6) is 0 Å². The van der Waals surface area contributed by atoms with Gasteiger partial charge < -0.3 is 16.0 Å². The number of aromatic nitrogens is 1. The molecule has 0 bridgehead atoms. The van der Waals surface area contributed by atoms with Crippen LogP contribution in [0.15, 0.2) is 60.1 Å². The standard InChI is InChI=1S/C20H17N5O2S/c21-13-15-5-2-8-22-18(15)23-9-10-24-19(26)14-4-1-6-16(12-14)25-20(27)17-7-3-11-28-17/h1-8,11-12H,9-10H2,(H,22,23)(H,24,26)(H,25,27). The Bertz CT molecular complexity index is 1010. The van der Waals surface area contributed by atoms with Gasteiger partial charge in [0.05, 0.1) is 10.4 Å². The lowest BCUT2D eigenvalue weighted by atomic mass is 10.2. The molecule has 140 valence electrons. The van der Waals surface area contributed by atoms with Gasteiger partial charge in [0.25, 0.3) is 11.8 Å². The summed E-state index contributed by atoms with van der Waals surface area (Å²) in [5.74, 6) is 0.0218. The first-order chi connectivity index (χ1) is 13.7. The molecule has 0 aliphatic carbocycles. The lowest BCUT2D eigenvalue weighted by Gasteiger charge is -2.09. The van der Waals surface area contributed by atoms with Gasteiger partial charge in [-0.2, -0.15) is 5.26 Å². The molecule has 0 atom stereocenters. The second-order valence-corrected chi connectivity index (χ2v) is 6.65. The smallest absolute Gasteiger partial charge is 0.265 e. The van der Waals surface area contributed by atoms with Gasteiger partial charge in [-0.1, -0.05) is 12.1 Å². The molecule has 0 unspecified atom stereocenters. The van der Waals surface area contributed by atoms with Gasteiger partial charge in [-0.15, -0.1) is 11.3 Å². The molecule has 0 aliphatic heterocycles. The molecular weight excluding hydrogens is 374 g/mol. The third kappa shape index (κ3) is 4.93. The number of rotatable bonds is 7. The van der Waals surface area contributed by atoms with Crippen molar-refractivity contribution >= 4 is 34.7 Å². The van der Waals surface area contributed by atoms with Crippen molar-refractivity contribution in [1.82, 2.24) is 10.3 Å². The first kappa shape index (κ1) is 19.1. The molecule has 2 heterocycles. The molecule has 3 rings (SSSR count). The molecule has 2 aromatic heterocycles. The van der Waals surface area contributed by atoms with Gasteiger partial charge >= 0.3 is 0 Å². The van der Waals surface area contributed by atoms with E-state index in [2.05, 4.69) is 27.0 Å². The summed E-state index contributed by atoms with van der Waals surface area (Å²) in [7, 11) is 0. The minimum absolute atomic E-state index is 0.208. The lowest BCUT2D eigenvalue weighted by Crippen LogP contribution is -2.29. The number of carbonyl (C=O) groups excluding carboxylic acids is 2. The van der Waals surface area contributed by atoms with Crippen molar-refractivity contribution in [3.05, 3.63) is 76.1 Å². The third-order valence-corrected chi connectivity index (χ3v) is 4.63. The molecule has 0 spiro atoms. The Balaban J connectivity index is 1.52. The number of pyridine rings is 1. The van der Waals surface area contributed by atoms with E-state index in [0.29, 0.717) is 40.6 Å². The fourth-order valence-electron chi connectivity index (χ4n) is 2.43. The van der Waals surface area contributed by atoms with E-state index in [1.54, 1.807) is 48.7 Å². The summed E-state index contributed by atoms with van der Waals surface area (Å²) in [5, 5.41) is 19.5. The zero-order valence-corrected chi connectivity index (χ0v) is 15.6. The van der Waals surface area contributed by atoms with Crippen molar-refractivity contribution in [1.29, 1.82) is 5.26 Å². The maximum absolute atomic E-state index is 12.3. The first-order valence-electron chi connectivity index (χ1n) is 8.49. The normalized spacial score (nSPS) is 9.96. The van der Waals surface area contributed by atoms with E-state index in [0.717, 1.165) is 0 Å². The Hall–Kier alpha value is -3.70.